The molecule has 2 atom stereocenters. The van der Waals surface area contributed by atoms with E-state index in [-0.39, 0.29) is 36.4 Å². The lowest BCUT2D eigenvalue weighted by Gasteiger charge is -2.25. The normalized spacial score (nSPS) is 15.2. The number of carbonyl (C=O) groups is 2. The van der Waals surface area contributed by atoms with Crippen LogP contribution in [0, 0.1) is 13.8 Å². The second kappa shape index (κ2) is 18.8. The lowest BCUT2D eigenvalue weighted by molar-refractivity contribution is -0.145. The summed E-state index contributed by atoms with van der Waals surface area (Å²) in [6.45, 7) is 7.94. The Labute approximate surface area is 342 Å². The highest BCUT2D eigenvalue weighted by molar-refractivity contribution is 6.32. The quantitative estimate of drug-likeness (QED) is 0.0621. The van der Waals surface area contributed by atoms with Gasteiger partial charge in [0.2, 0.25) is 0 Å². The highest BCUT2D eigenvalue weighted by Crippen LogP contribution is 2.37. The maximum Gasteiger partial charge on any atom is 0.337 e. The van der Waals surface area contributed by atoms with Crippen LogP contribution in [-0.4, -0.2) is 86.7 Å². The van der Waals surface area contributed by atoms with E-state index in [0.29, 0.717) is 35.8 Å². The molecule has 0 spiro atoms. The van der Waals surface area contributed by atoms with E-state index >= 15 is 0 Å². The lowest BCUT2D eigenvalue weighted by atomic mass is 9.89. The summed E-state index contributed by atoms with van der Waals surface area (Å²) >= 11 is 6.75. The maximum absolute atomic E-state index is 11.9. The molecule has 2 heterocycles. The molecule has 0 saturated carbocycles. The van der Waals surface area contributed by atoms with Crippen LogP contribution in [0.5, 0.6) is 17.2 Å². The minimum absolute atomic E-state index is 0.00864. The summed E-state index contributed by atoms with van der Waals surface area (Å²) < 4.78 is 18.4. The number of carboxylic acids is 2. The molecule has 13 heteroatoms. The molecule has 0 unspecified atom stereocenters. The highest BCUT2D eigenvalue weighted by atomic mass is 35.5. The second-order valence-electron chi connectivity index (χ2n) is 14.7. The van der Waals surface area contributed by atoms with Crippen molar-refractivity contribution in [3.8, 4) is 39.5 Å². The third-order valence-electron chi connectivity index (χ3n) is 10.6. The average molecular weight is 810 g/mol. The zero-order valence-corrected chi connectivity index (χ0v) is 33.5. The number of halogens is 1. The van der Waals surface area contributed by atoms with Gasteiger partial charge in [-0.05, 0) is 90.4 Å². The minimum atomic E-state index is -1.63. The van der Waals surface area contributed by atoms with Crippen molar-refractivity contribution in [3.05, 3.63) is 130 Å². The van der Waals surface area contributed by atoms with Crippen LogP contribution in [0.1, 0.15) is 51.5 Å². The number of pyridine rings is 1. The fourth-order valence-electron chi connectivity index (χ4n) is 6.86. The van der Waals surface area contributed by atoms with Crippen LogP contribution in [0.15, 0.2) is 91.3 Å². The molecule has 0 aliphatic carbocycles. The van der Waals surface area contributed by atoms with Crippen molar-refractivity contribution in [2.45, 2.75) is 58.6 Å². The Hall–Kier alpha value is -5.50. The van der Waals surface area contributed by atoms with E-state index in [0.717, 1.165) is 64.2 Å². The van der Waals surface area contributed by atoms with Gasteiger partial charge in [0, 0.05) is 55.8 Å². The summed E-state index contributed by atoms with van der Waals surface area (Å²) in [5.74, 6) is -0.906. The predicted molar refractivity (Wildman–Crippen MR) is 221 cm³/mol. The summed E-state index contributed by atoms with van der Waals surface area (Å²) in [7, 11) is 0. The van der Waals surface area contributed by atoms with Crippen LogP contribution in [0.4, 0.5) is 0 Å². The number of rotatable bonds is 18. The van der Waals surface area contributed by atoms with Gasteiger partial charge < -0.3 is 34.6 Å². The molecule has 0 bridgehead atoms. The van der Waals surface area contributed by atoms with Gasteiger partial charge in [-0.25, -0.2) is 4.79 Å². The van der Waals surface area contributed by atoms with E-state index in [1.165, 1.54) is 25.4 Å². The Bertz CT molecular complexity index is 2250. The number of β-amino-alcohol motifs (C(OH)–C–C–N with tert-alkyl or cyclic N) is 1. The molecule has 5 aromatic rings. The van der Waals surface area contributed by atoms with Crippen molar-refractivity contribution in [1.82, 2.24) is 15.2 Å². The fourth-order valence-corrected chi connectivity index (χ4v) is 7.10. The zero-order chi connectivity index (χ0) is 41.4. The van der Waals surface area contributed by atoms with Gasteiger partial charge in [-0.2, -0.15) is 0 Å². The van der Waals surface area contributed by atoms with Crippen molar-refractivity contribution in [1.29, 1.82) is 0 Å². The fraction of sp³-hybridized carbons (Fsp3) is 0.311. The number of benzene rings is 4. The number of aliphatic hydroxyl groups excluding tert-OH is 2. The molecule has 0 radical (unpaired) electrons. The number of hydrogen-bond donors (Lipinski definition) is 5. The molecule has 12 nitrogen and oxygen atoms in total. The van der Waals surface area contributed by atoms with Gasteiger partial charge in [-0.15, -0.1) is 0 Å². The van der Waals surface area contributed by atoms with Crippen molar-refractivity contribution in [2.75, 3.05) is 32.8 Å². The monoisotopic (exact) mass is 809 g/mol. The van der Waals surface area contributed by atoms with E-state index in [9.17, 15) is 30.0 Å². The average Bonchev–Trinajstić information content (AvgIpc) is 3.64. The Morgan fingerprint density at radius 3 is 2.28 bits per heavy atom. The Kier molecular flexibility index (Phi) is 13.7. The van der Waals surface area contributed by atoms with Gasteiger partial charge in [0.25, 0.3) is 0 Å². The molecule has 1 aliphatic rings. The van der Waals surface area contributed by atoms with E-state index in [2.05, 4.69) is 65.4 Å². The SMILES string of the molecule is Cc1c(COc2cc(OCc3cncc(C(=O)O)c3)c(CN[C@@](C)(CO)C(=O)O)cc2Cl)cccc1-c1cccc(-c2ccc(OCCN3CC[C@@H](O)C3)cc2)c1C. The summed E-state index contributed by atoms with van der Waals surface area (Å²) in [4.78, 5) is 29.6. The smallest absolute Gasteiger partial charge is 0.337 e. The molecule has 6 rings (SSSR count). The largest absolute Gasteiger partial charge is 0.492 e. The first kappa shape index (κ1) is 42.1. The van der Waals surface area contributed by atoms with Crippen LogP contribution in [-0.2, 0) is 24.6 Å². The van der Waals surface area contributed by atoms with Gasteiger partial charge in [0.15, 0.2) is 0 Å². The molecule has 1 aliphatic heterocycles. The van der Waals surface area contributed by atoms with Crippen LogP contribution < -0.4 is 19.5 Å². The molecule has 1 aromatic heterocycles. The van der Waals surface area contributed by atoms with Crippen LogP contribution in [0.3, 0.4) is 0 Å². The topological polar surface area (TPSA) is 171 Å². The first-order valence-electron chi connectivity index (χ1n) is 19.0. The van der Waals surface area contributed by atoms with Crippen molar-refractivity contribution >= 4 is 23.5 Å². The molecular formula is C45H48ClN3O9. The van der Waals surface area contributed by atoms with Gasteiger partial charge in [0.05, 0.1) is 23.3 Å². The highest BCUT2D eigenvalue weighted by Gasteiger charge is 2.32. The number of nitrogens with zero attached hydrogens (tertiary/aromatic N) is 2. The van der Waals surface area contributed by atoms with E-state index in [1.807, 2.05) is 24.3 Å². The number of hydrogen-bond acceptors (Lipinski definition) is 10. The molecule has 0 amide bonds. The predicted octanol–water partition coefficient (Wildman–Crippen LogP) is 6.91. The number of carboxylic acid groups (broad SMARTS) is 2. The summed E-state index contributed by atoms with van der Waals surface area (Å²) in [5.41, 5.74) is 6.82. The zero-order valence-electron chi connectivity index (χ0n) is 32.7. The van der Waals surface area contributed by atoms with Gasteiger partial charge in [-0.3, -0.25) is 20.0 Å². The Balaban J connectivity index is 1.19. The van der Waals surface area contributed by atoms with Crippen LogP contribution in [0.25, 0.3) is 22.3 Å². The number of likely N-dealkylation sites (tertiary alicyclic amines) is 1. The standard InChI is InChI=1S/C45H48ClN3O9/c1-28-32(6-4-8-38(28)39-9-5-7-37(29(39)2)31-10-12-36(13-11-31)56-17-16-49-15-14-35(51)24-49)26-58-42-20-41(57-25-30-18-34(43(52)53)22-47-21-30)33(19-40(42)46)23-48-45(3,27-50)44(54)55/h4-13,18-22,35,48,50-51H,14-17,23-27H2,1-3H3,(H,52,53)(H,54,55)/t35-,45+/m1/s1. The summed E-state index contributed by atoms with van der Waals surface area (Å²) in [6.07, 6.45) is 3.31. The Morgan fingerprint density at radius 2 is 1.59 bits per heavy atom. The molecule has 1 saturated heterocycles. The van der Waals surface area contributed by atoms with Crippen LogP contribution in [0.2, 0.25) is 5.02 Å². The minimum Gasteiger partial charge on any atom is -0.492 e. The number of aromatic carboxylic acids is 1. The Morgan fingerprint density at radius 1 is 0.879 bits per heavy atom. The number of aliphatic carboxylic acids is 1. The first-order chi connectivity index (χ1) is 27.8. The molecule has 1 fully saturated rings. The first-order valence-corrected chi connectivity index (χ1v) is 19.4. The van der Waals surface area contributed by atoms with Crippen LogP contribution >= 0.6 is 11.6 Å². The third-order valence-corrected chi connectivity index (χ3v) is 10.8. The van der Waals surface area contributed by atoms with Gasteiger partial charge >= 0.3 is 11.9 Å². The number of ether oxygens (including phenoxy) is 3. The molecule has 58 heavy (non-hydrogen) atoms. The lowest BCUT2D eigenvalue weighted by Crippen LogP contribution is -2.52. The van der Waals surface area contributed by atoms with Gasteiger partial charge in [0.1, 0.15) is 42.6 Å². The molecule has 304 valence electrons. The van der Waals surface area contributed by atoms with E-state index in [4.69, 9.17) is 25.8 Å². The number of aliphatic hydroxyl groups is 2. The van der Waals surface area contributed by atoms with Crippen molar-refractivity contribution < 1.29 is 44.2 Å². The number of nitrogens with one attached hydrogen (secondary N) is 1. The third kappa shape index (κ3) is 10.1. The maximum atomic E-state index is 11.9. The van der Waals surface area contributed by atoms with E-state index in [1.54, 1.807) is 12.1 Å². The van der Waals surface area contributed by atoms with Gasteiger partial charge in [-0.1, -0.05) is 60.1 Å². The summed E-state index contributed by atoms with van der Waals surface area (Å²) in [5, 5.41) is 41.8. The van der Waals surface area contributed by atoms with Crippen molar-refractivity contribution in [3.63, 3.8) is 0 Å². The molecule has 5 N–H and O–H groups in total. The van der Waals surface area contributed by atoms with E-state index < -0.39 is 24.1 Å². The summed E-state index contributed by atoms with van der Waals surface area (Å²) in [6, 6.07) is 25.2. The molecule has 4 aromatic carbocycles. The second-order valence-corrected chi connectivity index (χ2v) is 15.1. The number of aromatic nitrogens is 1. The van der Waals surface area contributed by atoms with Crippen molar-refractivity contribution in [2.24, 2.45) is 0 Å². The molecular weight excluding hydrogens is 762 g/mol.